The molecule has 0 bridgehead atoms. The van der Waals surface area contributed by atoms with Crippen LogP contribution < -0.4 is 5.56 Å². The van der Waals surface area contributed by atoms with Crippen molar-refractivity contribution in [1.29, 1.82) is 0 Å². The molecule has 0 atom stereocenters. The molecule has 0 saturated heterocycles. The van der Waals surface area contributed by atoms with E-state index < -0.39 is 0 Å². The van der Waals surface area contributed by atoms with Gasteiger partial charge in [-0.1, -0.05) is 121 Å². The van der Waals surface area contributed by atoms with Gasteiger partial charge in [-0.2, -0.15) is 0 Å². The van der Waals surface area contributed by atoms with E-state index in [1.165, 1.54) is 50.1 Å². The normalized spacial score (nSPS) is 13.6. The quantitative estimate of drug-likeness (QED) is 0.224. The summed E-state index contributed by atoms with van der Waals surface area (Å²) in [6, 6.07) is 51.8. The van der Waals surface area contributed by atoms with E-state index in [-0.39, 0.29) is 11.0 Å². The standard InChI is InChI=1S/C41H25N3O/c45-39-24-38(44-37-16-8-7-15-36(37)42-40(44)43-39)26-19-17-25(18-20-26)27-21-22-31-30-11-3-6-14-34(30)41(35(31)23-27)32-12-4-1-9-28(32)29-10-2-5-13-33(29)41/h1-24H,(H,42,43,45). The largest absolute Gasteiger partial charge is 0.292 e. The van der Waals surface area contributed by atoms with E-state index in [2.05, 4.69) is 125 Å². The van der Waals surface area contributed by atoms with Gasteiger partial charge in [-0.3, -0.25) is 14.2 Å². The van der Waals surface area contributed by atoms with Crippen LogP contribution in [0.2, 0.25) is 0 Å². The van der Waals surface area contributed by atoms with Gasteiger partial charge in [0.1, 0.15) is 0 Å². The molecule has 0 amide bonds. The average molecular weight is 576 g/mol. The smallest absolute Gasteiger partial charge is 0.252 e. The van der Waals surface area contributed by atoms with E-state index in [1.54, 1.807) is 6.07 Å². The van der Waals surface area contributed by atoms with Gasteiger partial charge in [0.05, 0.1) is 22.1 Å². The summed E-state index contributed by atoms with van der Waals surface area (Å²) in [5, 5.41) is 0. The Morgan fingerprint density at radius 2 is 1.04 bits per heavy atom. The predicted octanol–water partition coefficient (Wildman–Crippen LogP) is 8.85. The van der Waals surface area contributed by atoms with Gasteiger partial charge in [-0.25, -0.2) is 4.98 Å². The highest BCUT2D eigenvalue weighted by atomic mass is 16.1. The second-order valence-corrected chi connectivity index (χ2v) is 12.0. The maximum atomic E-state index is 12.6. The van der Waals surface area contributed by atoms with Gasteiger partial charge in [0.15, 0.2) is 0 Å². The first-order valence-corrected chi connectivity index (χ1v) is 15.3. The number of hydrogen-bond donors (Lipinski definition) is 1. The topological polar surface area (TPSA) is 50.2 Å². The van der Waals surface area contributed by atoms with Crippen LogP contribution in [-0.4, -0.2) is 14.4 Å². The van der Waals surface area contributed by atoms with E-state index in [4.69, 9.17) is 0 Å². The third-order valence-electron chi connectivity index (χ3n) is 9.82. The molecule has 0 unspecified atom stereocenters. The number of imidazole rings is 1. The van der Waals surface area contributed by atoms with Crippen molar-refractivity contribution >= 4 is 16.8 Å². The molecule has 2 aliphatic carbocycles. The Morgan fingerprint density at radius 3 is 1.71 bits per heavy atom. The minimum absolute atomic E-state index is 0.169. The SMILES string of the molecule is O=c1cc(-c2ccc(-c3ccc4c(c3)C3(c5ccccc5-c5ccccc53)c3ccccc3-4)cc2)n2c(nc3ccccc32)[nH]1. The third-order valence-corrected chi connectivity index (χ3v) is 9.82. The van der Waals surface area contributed by atoms with Crippen molar-refractivity contribution in [3.8, 4) is 44.6 Å². The summed E-state index contributed by atoms with van der Waals surface area (Å²) < 4.78 is 2.02. The molecule has 0 aliphatic heterocycles. The van der Waals surface area contributed by atoms with Crippen molar-refractivity contribution in [3.05, 3.63) is 178 Å². The monoisotopic (exact) mass is 575 g/mol. The van der Waals surface area contributed by atoms with Crippen LogP contribution in [0.25, 0.3) is 61.4 Å². The maximum absolute atomic E-state index is 12.6. The minimum Gasteiger partial charge on any atom is -0.292 e. The van der Waals surface area contributed by atoms with Crippen LogP contribution in [0.3, 0.4) is 0 Å². The second kappa shape index (κ2) is 8.77. The Bertz CT molecular complexity index is 2510. The molecule has 0 saturated carbocycles. The Kier molecular flexibility index (Phi) is 4.77. The van der Waals surface area contributed by atoms with Gasteiger partial charge >= 0.3 is 0 Å². The Balaban J connectivity index is 1.16. The van der Waals surface area contributed by atoms with E-state index >= 15 is 0 Å². The number of para-hydroxylation sites is 2. The molecule has 0 radical (unpaired) electrons. The summed E-state index contributed by atoms with van der Waals surface area (Å²) in [6.45, 7) is 0. The lowest BCUT2D eigenvalue weighted by Gasteiger charge is -2.30. The lowest BCUT2D eigenvalue weighted by molar-refractivity contribution is 0.794. The number of aromatic amines is 1. The number of rotatable bonds is 2. The van der Waals surface area contributed by atoms with E-state index in [0.717, 1.165) is 27.9 Å². The van der Waals surface area contributed by atoms with Crippen LogP contribution in [-0.2, 0) is 5.41 Å². The van der Waals surface area contributed by atoms with Crippen LogP contribution in [0.4, 0.5) is 0 Å². The number of H-pyrrole nitrogens is 1. The van der Waals surface area contributed by atoms with Crippen molar-refractivity contribution in [1.82, 2.24) is 14.4 Å². The number of hydrogen-bond acceptors (Lipinski definition) is 2. The number of benzene rings is 6. The van der Waals surface area contributed by atoms with E-state index in [1.807, 2.05) is 28.7 Å². The van der Waals surface area contributed by atoms with Crippen molar-refractivity contribution in [2.75, 3.05) is 0 Å². The van der Waals surface area contributed by atoms with Crippen LogP contribution in [0.15, 0.2) is 150 Å². The molecule has 0 fully saturated rings. The Labute approximate surface area is 258 Å². The van der Waals surface area contributed by atoms with Crippen LogP contribution in [0, 0.1) is 0 Å². The molecule has 2 aliphatic rings. The highest BCUT2D eigenvalue weighted by Crippen LogP contribution is 2.62. The highest BCUT2D eigenvalue weighted by molar-refractivity contribution is 5.96. The summed E-state index contributed by atoms with van der Waals surface area (Å²) in [4.78, 5) is 20.2. The van der Waals surface area contributed by atoms with Crippen LogP contribution >= 0.6 is 0 Å². The van der Waals surface area contributed by atoms with Crippen LogP contribution in [0.5, 0.6) is 0 Å². The molecule has 6 aromatic carbocycles. The number of nitrogens with one attached hydrogen (secondary N) is 1. The molecule has 2 aromatic heterocycles. The fourth-order valence-corrected chi connectivity index (χ4v) is 8.01. The summed E-state index contributed by atoms with van der Waals surface area (Å²) in [7, 11) is 0. The van der Waals surface area contributed by atoms with Crippen molar-refractivity contribution in [2.45, 2.75) is 5.41 Å². The first kappa shape index (κ1) is 24.4. The van der Waals surface area contributed by atoms with E-state index in [9.17, 15) is 4.79 Å². The second-order valence-electron chi connectivity index (χ2n) is 12.0. The zero-order valence-electron chi connectivity index (χ0n) is 24.2. The molecule has 4 nitrogen and oxygen atoms in total. The number of fused-ring (bicyclic) bond motifs is 13. The van der Waals surface area contributed by atoms with Gasteiger partial charge in [0, 0.05) is 6.07 Å². The summed E-state index contributed by atoms with van der Waals surface area (Å²) in [5.74, 6) is 0.545. The molecule has 210 valence electrons. The molecular formula is C41H25N3O. The third kappa shape index (κ3) is 3.15. The van der Waals surface area contributed by atoms with E-state index in [0.29, 0.717) is 5.78 Å². The summed E-state index contributed by atoms with van der Waals surface area (Å²) in [6.07, 6.45) is 0. The zero-order chi connectivity index (χ0) is 29.7. The Morgan fingerprint density at radius 1 is 0.511 bits per heavy atom. The van der Waals surface area contributed by atoms with Crippen molar-refractivity contribution in [2.24, 2.45) is 0 Å². The lowest BCUT2D eigenvalue weighted by Crippen LogP contribution is -2.25. The molecule has 2 heterocycles. The van der Waals surface area contributed by atoms with Gasteiger partial charge in [-0.05, 0) is 79.4 Å². The van der Waals surface area contributed by atoms with Crippen molar-refractivity contribution < 1.29 is 0 Å². The van der Waals surface area contributed by atoms with Gasteiger partial charge < -0.3 is 0 Å². The van der Waals surface area contributed by atoms with Crippen molar-refractivity contribution in [3.63, 3.8) is 0 Å². The highest BCUT2D eigenvalue weighted by Gasteiger charge is 2.51. The predicted molar refractivity (Wildman–Crippen MR) is 180 cm³/mol. The van der Waals surface area contributed by atoms with Gasteiger partial charge in [-0.15, -0.1) is 0 Å². The molecular weight excluding hydrogens is 550 g/mol. The molecule has 45 heavy (non-hydrogen) atoms. The van der Waals surface area contributed by atoms with Crippen LogP contribution in [0.1, 0.15) is 22.3 Å². The first-order valence-electron chi connectivity index (χ1n) is 15.3. The summed E-state index contributed by atoms with van der Waals surface area (Å²) >= 11 is 0. The lowest BCUT2D eigenvalue weighted by atomic mass is 9.70. The maximum Gasteiger partial charge on any atom is 0.252 e. The fraction of sp³-hybridized carbons (Fsp3) is 0.0244. The molecule has 10 rings (SSSR count). The summed E-state index contributed by atoms with van der Waals surface area (Å²) in [5.41, 5.74) is 15.9. The number of aromatic nitrogens is 3. The zero-order valence-corrected chi connectivity index (χ0v) is 24.2. The fourth-order valence-electron chi connectivity index (χ4n) is 8.01. The first-order chi connectivity index (χ1) is 22.2. The molecule has 1 spiro atoms. The average Bonchev–Trinajstić information content (AvgIpc) is 3.71. The molecule has 8 aromatic rings. The van der Waals surface area contributed by atoms with Gasteiger partial charge in [0.25, 0.3) is 5.56 Å². The number of nitrogens with zero attached hydrogens (tertiary/aromatic N) is 2. The minimum atomic E-state index is -0.367. The Hall–Kier alpha value is -6.00. The molecule has 1 N–H and O–H groups in total. The molecule has 4 heteroatoms. The van der Waals surface area contributed by atoms with Gasteiger partial charge in [0.2, 0.25) is 5.78 Å².